The molecule has 4 nitrogen and oxygen atoms in total. The van der Waals surface area contributed by atoms with Crippen molar-refractivity contribution in [2.45, 2.75) is 23.8 Å². The Kier molecular flexibility index (Phi) is 6.12. The lowest BCUT2D eigenvalue weighted by Crippen LogP contribution is -2.46. The molecule has 0 saturated carbocycles. The highest BCUT2D eigenvalue weighted by molar-refractivity contribution is 7.80. The number of thiol groups is 1. The van der Waals surface area contributed by atoms with E-state index in [-0.39, 0.29) is 17.9 Å². The standard InChI is InChI=1S/C21H22N2O2S/c24-20(11-10-16-6-2-1-3-7-16)23-14-12-17(13-15-23)22-21(25)18-8-4-5-9-19(18)26/h1-11,17,26H,12-15H2,(H,22,25)/b11-10+. The lowest BCUT2D eigenvalue weighted by atomic mass is 10.0. The Bertz CT molecular complexity index is 797. The molecule has 134 valence electrons. The SMILES string of the molecule is O=C(NC1CCN(C(=O)/C=C/c2ccccc2)CC1)c1ccccc1S. The third-order valence-electron chi connectivity index (χ3n) is 4.51. The average Bonchev–Trinajstić information content (AvgIpc) is 2.68. The summed E-state index contributed by atoms with van der Waals surface area (Å²) in [5.74, 6) is -0.0938. The van der Waals surface area contributed by atoms with Crippen molar-refractivity contribution in [1.29, 1.82) is 0 Å². The summed E-state index contributed by atoms with van der Waals surface area (Å²) in [6.45, 7) is 1.29. The van der Waals surface area contributed by atoms with Gasteiger partial charge >= 0.3 is 0 Å². The zero-order chi connectivity index (χ0) is 18.4. The molecule has 1 fully saturated rings. The monoisotopic (exact) mass is 366 g/mol. The van der Waals surface area contributed by atoms with Crippen molar-refractivity contribution in [2.75, 3.05) is 13.1 Å². The van der Waals surface area contributed by atoms with E-state index in [9.17, 15) is 9.59 Å². The van der Waals surface area contributed by atoms with Crippen LogP contribution in [0.5, 0.6) is 0 Å². The Labute approximate surface area is 159 Å². The predicted molar refractivity (Wildman–Crippen MR) is 106 cm³/mol. The van der Waals surface area contributed by atoms with Crippen LogP contribution < -0.4 is 5.32 Å². The molecule has 0 radical (unpaired) electrons. The first-order chi connectivity index (χ1) is 12.6. The van der Waals surface area contributed by atoms with Gasteiger partial charge in [-0.2, -0.15) is 0 Å². The summed E-state index contributed by atoms with van der Waals surface area (Å²) in [4.78, 5) is 27.2. The van der Waals surface area contributed by atoms with Gasteiger partial charge in [0.1, 0.15) is 0 Å². The lowest BCUT2D eigenvalue weighted by Gasteiger charge is -2.31. The fraction of sp³-hybridized carbons (Fsp3) is 0.238. The normalized spacial score (nSPS) is 15.2. The van der Waals surface area contributed by atoms with Gasteiger partial charge in [0.05, 0.1) is 5.56 Å². The molecule has 1 heterocycles. The van der Waals surface area contributed by atoms with Crippen LogP contribution in [-0.4, -0.2) is 35.8 Å². The van der Waals surface area contributed by atoms with E-state index in [4.69, 9.17) is 0 Å². The van der Waals surface area contributed by atoms with E-state index in [1.165, 1.54) is 0 Å². The number of hydrogen-bond donors (Lipinski definition) is 2. The molecule has 5 heteroatoms. The number of carbonyl (C=O) groups excluding carboxylic acids is 2. The van der Waals surface area contributed by atoms with Gasteiger partial charge < -0.3 is 10.2 Å². The molecule has 1 N–H and O–H groups in total. The molecule has 0 unspecified atom stereocenters. The Morgan fingerprint density at radius 1 is 1.00 bits per heavy atom. The molecule has 1 aliphatic rings. The van der Waals surface area contributed by atoms with Gasteiger partial charge in [0.25, 0.3) is 5.91 Å². The van der Waals surface area contributed by atoms with E-state index < -0.39 is 0 Å². The number of rotatable bonds is 4. The van der Waals surface area contributed by atoms with E-state index in [1.54, 1.807) is 18.2 Å². The summed E-state index contributed by atoms with van der Waals surface area (Å²) in [6, 6.07) is 17.1. The maximum absolute atomic E-state index is 12.4. The van der Waals surface area contributed by atoms with Crippen LogP contribution in [0.1, 0.15) is 28.8 Å². The van der Waals surface area contributed by atoms with Gasteiger partial charge in [-0.15, -0.1) is 12.6 Å². The van der Waals surface area contributed by atoms with Crippen LogP contribution in [0.2, 0.25) is 0 Å². The maximum Gasteiger partial charge on any atom is 0.252 e. The minimum atomic E-state index is -0.107. The maximum atomic E-state index is 12.4. The fourth-order valence-electron chi connectivity index (χ4n) is 3.01. The number of likely N-dealkylation sites (tertiary alicyclic amines) is 1. The second kappa shape index (κ2) is 8.72. The third-order valence-corrected chi connectivity index (χ3v) is 4.90. The predicted octanol–water partition coefficient (Wildman–Crippen LogP) is 3.41. The van der Waals surface area contributed by atoms with Crippen molar-refractivity contribution < 1.29 is 9.59 Å². The molecule has 0 aromatic heterocycles. The summed E-state index contributed by atoms with van der Waals surface area (Å²) in [7, 11) is 0. The molecular weight excluding hydrogens is 344 g/mol. The van der Waals surface area contributed by atoms with Crippen LogP contribution in [0.3, 0.4) is 0 Å². The zero-order valence-corrected chi connectivity index (χ0v) is 15.4. The van der Waals surface area contributed by atoms with Gasteiger partial charge in [-0.25, -0.2) is 0 Å². The van der Waals surface area contributed by atoms with Gasteiger partial charge in [-0.1, -0.05) is 42.5 Å². The number of benzene rings is 2. The smallest absolute Gasteiger partial charge is 0.252 e. The third kappa shape index (κ3) is 4.76. The quantitative estimate of drug-likeness (QED) is 0.644. The largest absolute Gasteiger partial charge is 0.349 e. The summed E-state index contributed by atoms with van der Waals surface area (Å²) in [5, 5.41) is 3.05. The van der Waals surface area contributed by atoms with Crippen LogP contribution in [0, 0.1) is 0 Å². The van der Waals surface area contributed by atoms with Crippen molar-refractivity contribution in [2.24, 2.45) is 0 Å². The Morgan fingerprint density at radius 2 is 1.65 bits per heavy atom. The zero-order valence-electron chi connectivity index (χ0n) is 14.5. The first-order valence-corrected chi connectivity index (χ1v) is 9.19. The second-order valence-corrected chi connectivity index (χ2v) is 6.82. The fourth-order valence-corrected chi connectivity index (χ4v) is 3.27. The first-order valence-electron chi connectivity index (χ1n) is 8.74. The van der Waals surface area contributed by atoms with E-state index in [1.807, 2.05) is 53.4 Å². The van der Waals surface area contributed by atoms with Gasteiger partial charge in [-0.05, 0) is 36.6 Å². The van der Waals surface area contributed by atoms with Crippen molar-refractivity contribution in [3.05, 3.63) is 71.8 Å². The molecule has 3 rings (SSSR count). The van der Waals surface area contributed by atoms with Crippen molar-refractivity contribution >= 4 is 30.5 Å². The van der Waals surface area contributed by atoms with Crippen LogP contribution >= 0.6 is 12.6 Å². The minimum absolute atomic E-state index is 0.0133. The molecule has 0 spiro atoms. The highest BCUT2D eigenvalue weighted by atomic mass is 32.1. The van der Waals surface area contributed by atoms with E-state index in [0.29, 0.717) is 23.5 Å². The molecular formula is C21H22N2O2S. The van der Waals surface area contributed by atoms with E-state index in [2.05, 4.69) is 17.9 Å². The van der Waals surface area contributed by atoms with Gasteiger partial charge in [0.15, 0.2) is 0 Å². The van der Waals surface area contributed by atoms with E-state index >= 15 is 0 Å². The van der Waals surface area contributed by atoms with Gasteiger partial charge in [0.2, 0.25) is 5.91 Å². The summed E-state index contributed by atoms with van der Waals surface area (Å²) >= 11 is 4.33. The van der Waals surface area contributed by atoms with Crippen LogP contribution in [0.25, 0.3) is 6.08 Å². The highest BCUT2D eigenvalue weighted by Crippen LogP contribution is 2.16. The van der Waals surface area contributed by atoms with Gasteiger partial charge in [-0.3, -0.25) is 9.59 Å². The van der Waals surface area contributed by atoms with E-state index in [0.717, 1.165) is 18.4 Å². The topological polar surface area (TPSA) is 49.4 Å². The van der Waals surface area contributed by atoms with Crippen molar-refractivity contribution in [3.8, 4) is 0 Å². The lowest BCUT2D eigenvalue weighted by molar-refractivity contribution is -0.126. The molecule has 0 atom stereocenters. The number of nitrogens with one attached hydrogen (secondary N) is 1. The van der Waals surface area contributed by atoms with Crippen molar-refractivity contribution in [1.82, 2.24) is 10.2 Å². The first kappa shape index (κ1) is 18.3. The highest BCUT2D eigenvalue weighted by Gasteiger charge is 2.23. The number of carbonyl (C=O) groups is 2. The van der Waals surface area contributed by atoms with Crippen LogP contribution in [-0.2, 0) is 4.79 Å². The molecule has 26 heavy (non-hydrogen) atoms. The molecule has 2 aromatic rings. The summed E-state index contributed by atoms with van der Waals surface area (Å²) < 4.78 is 0. The molecule has 2 aromatic carbocycles. The molecule has 1 aliphatic heterocycles. The molecule has 2 amide bonds. The average molecular weight is 366 g/mol. The number of piperidine rings is 1. The number of nitrogens with zero attached hydrogens (tertiary/aromatic N) is 1. The Morgan fingerprint density at radius 3 is 2.35 bits per heavy atom. The Balaban J connectivity index is 1.49. The Hall–Kier alpha value is -2.53. The van der Waals surface area contributed by atoms with Crippen LogP contribution in [0.4, 0.5) is 0 Å². The van der Waals surface area contributed by atoms with Crippen LogP contribution in [0.15, 0.2) is 65.6 Å². The second-order valence-electron chi connectivity index (χ2n) is 6.33. The summed E-state index contributed by atoms with van der Waals surface area (Å²) in [5.41, 5.74) is 1.59. The minimum Gasteiger partial charge on any atom is -0.349 e. The van der Waals surface area contributed by atoms with Gasteiger partial charge in [0, 0.05) is 30.1 Å². The number of hydrogen-bond acceptors (Lipinski definition) is 3. The number of amides is 2. The van der Waals surface area contributed by atoms with Crippen molar-refractivity contribution in [3.63, 3.8) is 0 Å². The molecule has 1 saturated heterocycles. The molecule has 0 bridgehead atoms. The molecule has 0 aliphatic carbocycles. The summed E-state index contributed by atoms with van der Waals surface area (Å²) in [6.07, 6.45) is 4.96.